The summed E-state index contributed by atoms with van der Waals surface area (Å²) in [6, 6.07) is 7.70. The zero-order valence-electron chi connectivity index (χ0n) is 11.5. The van der Waals surface area contributed by atoms with Gasteiger partial charge in [0.25, 0.3) is 0 Å². The summed E-state index contributed by atoms with van der Waals surface area (Å²) in [4.78, 5) is 14.4. The van der Waals surface area contributed by atoms with Gasteiger partial charge in [0.1, 0.15) is 12.1 Å². The molecule has 1 saturated carbocycles. The van der Waals surface area contributed by atoms with Crippen LogP contribution in [0.2, 0.25) is 0 Å². The number of hydrogen-bond acceptors (Lipinski definition) is 4. The van der Waals surface area contributed by atoms with E-state index in [0.29, 0.717) is 31.4 Å². The maximum atomic E-state index is 12.3. The lowest BCUT2D eigenvalue weighted by molar-refractivity contribution is -0.124. The molecule has 1 aromatic carbocycles. The number of nitrogens with zero attached hydrogens (tertiary/aromatic N) is 2. The van der Waals surface area contributed by atoms with Crippen molar-refractivity contribution < 1.29 is 9.53 Å². The van der Waals surface area contributed by atoms with Crippen LogP contribution in [0.5, 0.6) is 0 Å². The average molecular weight is 350 g/mol. The van der Waals surface area contributed by atoms with Crippen LogP contribution in [0.4, 0.5) is 5.69 Å². The molecule has 0 radical (unpaired) electrons. The highest BCUT2D eigenvalue weighted by Gasteiger charge is 2.33. The van der Waals surface area contributed by atoms with E-state index >= 15 is 0 Å². The summed E-state index contributed by atoms with van der Waals surface area (Å²) < 4.78 is 6.21. The fourth-order valence-electron chi connectivity index (χ4n) is 2.43. The van der Waals surface area contributed by atoms with Gasteiger partial charge in [0.05, 0.1) is 18.8 Å². The predicted molar refractivity (Wildman–Crippen MR) is 82.0 cm³/mol. The SMILES string of the molecule is N#Cc1ccc(N2CCOCC2C(=O)NC2CC2)cc1Br. The highest BCUT2D eigenvalue weighted by Crippen LogP contribution is 2.27. The quantitative estimate of drug-likeness (QED) is 0.903. The fourth-order valence-corrected chi connectivity index (χ4v) is 2.88. The molecule has 1 aliphatic heterocycles. The van der Waals surface area contributed by atoms with Gasteiger partial charge >= 0.3 is 0 Å². The van der Waals surface area contributed by atoms with Gasteiger partial charge in [-0.3, -0.25) is 4.79 Å². The van der Waals surface area contributed by atoms with Crippen LogP contribution in [0.15, 0.2) is 22.7 Å². The standard InChI is InChI=1S/C15H16BrN3O2/c16-13-7-12(4-1-10(13)8-17)19-5-6-21-9-14(19)15(20)18-11-2-3-11/h1,4,7,11,14H,2-3,5-6,9H2,(H,18,20). The second-order valence-corrected chi connectivity index (χ2v) is 6.20. The van der Waals surface area contributed by atoms with E-state index in [9.17, 15) is 4.79 Å². The Morgan fingerprint density at radius 3 is 2.95 bits per heavy atom. The molecule has 2 aliphatic rings. The maximum Gasteiger partial charge on any atom is 0.245 e. The van der Waals surface area contributed by atoms with Gasteiger partial charge in [-0.15, -0.1) is 0 Å². The molecule has 21 heavy (non-hydrogen) atoms. The number of hydrogen-bond donors (Lipinski definition) is 1. The number of halogens is 1. The number of nitrogens with one attached hydrogen (secondary N) is 1. The zero-order valence-corrected chi connectivity index (χ0v) is 13.1. The molecule has 0 bridgehead atoms. The van der Waals surface area contributed by atoms with E-state index in [1.807, 2.05) is 17.0 Å². The normalized spacial score (nSPS) is 21.7. The van der Waals surface area contributed by atoms with Crippen LogP contribution in [-0.4, -0.2) is 37.7 Å². The lowest BCUT2D eigenvalue weighted by Gasteiger charge is -2.36. The number of carbonyl (C=O) groups is 1. The number of ether oxygens (including phenoxy) is 1. The Balaban J connectivity index is 1.81. The third kappa shape index (κ3) is 3.20. The first-order valence-corrected chi connectivity index (χ1v) is 7.83. The van der Waals surface area contributed by atoms with Gasteiger partial charge in [-0.1, -0.05) is 0 Å². The van der Waals surface area contributed by atoms with Crippen molar-refractivity contribution in [2.45, 2.75) is 24.9 Å². The first-order valence-electron chi connectivity index (χ1n) is 7.03. The van der Waals surface area contributed by atoms with Crippen LogP contribution in [0.3, 0.4) is 0 Å². The molecular formula is C15H16BrN3O2. The summed E-state index contributed by atoms with van der Waals surface area (Å²) in [5, 5.41) is 12.0. The van der Waals surface area contributed by atoms with Crippen molar-refractivity contribution >= 4 is 27.5 Å². The topological polar surface area (TPSA) is 65.4 Å². The van der Waals surface area contributed by atoms with Gasteiger partial charge in [0, 0.05) is 22.7 Å². The third-order valence-corrected chi connectivity index (χ3v) is 4.42. The lowest BCUT2D eigenvalue weighted by atomic mass is 10.1. The van der Waals surface area contributed by atoms with Crippen molar-refractivity contribution in [3.63, 3.8) is 0 Å². The molecule has 2 fully saturated rings. The van der Waals surface area contributed by atoms with E-state index in [2.05, 4.69) is 27.3 Å². The molecule has 0 aromatic heterocycles. The Morgan fingerprint density at radius 1 is 1.48 bits per heavy atom. The van der Waals surface area contributed by atoms with Crippen molar-refractivity contribution in [1.82, 2.24) is 5.32 Å². The Hall–Kier alpha value is -1.58. The summed E-state index contributed by atoms with van der Waals surface area (Å²) in [6.45, 7) is 1.67. The highest BCUT2D eigenvalue weighted by molar-refractivity contribution is 9.10. The van der Waals surface area contributed by atoms with Gasteiger partial charge < -0.3 is 15.0 Å². The summed E-state index contributed by atoms with van der Waals surface area (Å²) >= 11 is 3.40. The third-order valence-electron chi connectivity index (χ3n) is 3.76. The number of nitriles is 1. The molecular weight excluding hydrogens is 334 g/mol. The second kappa shape index (κ2) is 6.04. The Kier molecular flexibility index (Phi) is 4.13. The van der Waals surface area contributed by atoms with E-state index in [-0.39, 0.29) is 11.9 Å². The molecule has 1 amide bonds. The molecule has 110 valence electrons. The van der Waals surface area contributed by atoms with Gasteiger partial charge in [-0.05, 0) is 47.0 Å². The molecule has 1 heterocycles. The van der Waals surface area contributed by atoms with Crippen LogP contribution < -0.4 is 10.2 Å². The van der Waals surface area contributed by atoms with Crippen molar-refractivity contribution in [2.24, 2.45) is 0 Å². The first kappa shape index (κ1) is 14.4. The van der Waals surface area contributed by atoms with E-state index in [1.165, 1.54) is 0 Å². The van der Waals surface area contributed by atoms with Crippen molar-refractivity contribution in [2.75, 3.05) is 24.7 Å². The Morgan fingerprint density at radius 2 is 2.29 bits per heavy atom. The second-order valence-electron chi connectivity index (χ2n) is 5.34. The average Bonchev–Trinajstić information content (AvgIpc) is 3.31. The van der Waals surface area contributed by atoms with Crippen LogP contribution in [0.1, 0.15) is 18.4 Å². The molecule has 1 atom stereocenters. The van der Waals surface area contributed by atoms with Gasteiger partial charge in [-0.2, -0.15) is 5.26 Å². The number of amides is 1. The summed E-state index contributed by atoms with van der Waals surface area (Å²) in [5.74, 6) is 0.0256. The molecule has 1 aliphatic carbocycles. The summed E-state index contributed by atoms with van der Waals surface area (Å²) in [5.41, 5.74) is 1.52. The van der Waals surface area contributed by atoms with Crippen LogP contribution in [-0.2, 0) is 9.53 Å². The van der Waals surface area contributed by atoms with Crippen molar-refractivity contribution in [1.29, 1.82) is 5.26 Å². The number of rotatable bonds is 3. The van der Waals surface area contributed by atoms with Crippen LogP contribution in [0, 0.1) is 11.3 Å². The lowest BCUT2D eigenvalue weighted by Crippen LogP contribution is -2.54. The van der Waals surface area contributed by atoms with Crippen molar-refractivity contribution in [3.8, 4) is 6.07 Å². The van der Waals surface area contributed by atoms with Gasteiger partial charge in [0.2, 0.25) is 5.91 Å². The zero-order chi connectivity index (χ0) is 14.8. The summed E-state index contributed by atoms with van der Waals surface area (Å²) in [6.07, 6.45) is 2.14. The minimum Gasteiger partial charge on any atom is -0.377 e. The largest absolute Gasteiger partial charge is 0.377 e. The fraction of sp³-hybridized carbons (Fsp3) is 0.467. The number of benzene rings is 1. The maximum absolute atomic E-state index is 12.3. The molecule has 1 unspecified atom stereocenters. The summed E-state index contributed by atoms with van der Waals surface area (Å²) in [7, 11) is 0. The highest BCUT2D eigenvalue weighted by atomic mass is 79.9. The van der Waals surface area contributed by atoms with E-state index in [0.717, 1.165) is 23.0 Å². The molecule has 5 nitrogen and oxygen atoms in total. The van der Waals surface area contributed by atoms with Crippen LogP contribution in [0.25, 0.3) is 0 Å². The predicted octanol–water partition coefficient (Wildman–Crippen LogP) is 1.80. The molecule has 1 aromatic rings. The van der Waals surface area contributed by atoms with Crippen LogP contribution >= 0.6 is 15.9 Å². The van der Waals surface area contributed by atoms with Gasteiger partial charge in [-0.25, -0.2) is 0 Å². The minimum absolute atomic E-state index is 0.0256. The number of morpholine rings is 1. The minimum atomic E-state index is -0.306. The van der Waals surface area contributed by atoms with E-state index < -0.39 is 0 Å². The Labute approximate surface area is 132 Å². The molecule has 1 saturated heterocycles. The van der Waals surface area contributed by atoms with Gasteiger partial charge in [0.15, 0.2) is 0 Å². The molecule has 1 N–H and O–H groups in total. The first-order chi connectivity index (χ1) is 10.2. The Bertz CT molecular complexity index is 595. The monoisotopic (exact) mass is 349 g/mol. The number of carbonyl (C=O) groups excluding carboxylic acids is 1. The van der Waals surface area contributed by atoms with E-state index in [1.54, 1.807) is 6.07 Å². The molecule has 0 spiro atoms. The number of anilines is 1. The molecule has 6 heteroatoms. The smallest absolute Gasteiger partial charge is 0.245 e. The van der Waals surface area contributed by atoms with E-state index in [4.69, 9.17) is 10.00 Å². The molecule has 3 rings (SSSR count). The van der Waals surface area contributed by atoms with Crippen molar-refractivity contribution in [3.05, 3.63) is 28.2 Å².